The lowest BCUT2D eigenvalue weighted by molar-refractivity contribution is -0.00624. The third-order valence-electron chi connectivity index (χ3n) is 7.19. The van der Waals surface area contributed by atoms with Crippen LogP contribution in [0.3, 0.4) is 0 Å². The summed E-state index contributed by atoms with van der Waals surface area (Å²) in [6.45, 7) is 1.98. The van der Waals surface area contributed by atoms with Gasteiger partial charge in [-0.2, -0.15) is 0 Å². The largest absolute Gasteiger partial charge is 0.504 e. The Labute approximate surface area is 166 Å². The molecule has 28 heavy (non-hydrogen) atoms. The fraction of sp³-hybridized carbons (Fsp3) is 0.500. The van der Waals surface area contributed by atoms with Crippen molar-refractivity contribution >= 4 is 6.08 Å². The van der Waals surface area contributed by atoms with Crippen LogP contribution in [-0.2, 0) is 5.41 Å². The number of hydrogen-bond acceptors (Lipinski definition) is 4. The fourth-order valence-corrected chi connectivity index (χ4v) is 6.50. The number of ether oxygens (including phenoxy) is 1. The van der Waals surface area contributed by atoms with Crippen molar-refractivity contribution in [1.82, 2.24) is 9.97 Å². The number of benzene rings is 1. The first-order valence-corrected chi connectivity index (χ1v) is 10.5. The Morgan fingerprint density at radius 3 is 2.18 bits per heavy atom. The van der Waals surface area contributed by atoms with Gasteiger partial charge in [0.25, 0.3) is 0 Å². The third kappa shape index (κ3) is 2.81. The molecule has 4 bridgehead atoms. The summed E-state index contributed by atoms with van der Waals surface area (Å²) < 4.78 is 5.56. The van der Waals surface area contributed by atoms with Crippen molar-refractivity contribution in [3.63, 3.8) is 0 Å². The lowest BCUT2D eigenvalue weighted by Gasteiger charge is -2.57. The molecule has 0 unspecified atom stereocenters. The maximum absolute atomic E-state index is 11.1. The van der Waals surface area contributed by atoms with E-state index in [0.29, 0.717) is 17.3 Å². The van der Waals surface area contributed by atoms with E-state index in [1.54, 1.807) is 7.11 Å². The van der Waals surface area contributed by atoms with Crippen molar-refractivity contribution in [2.24, 2.45) is 17.8 Å². The van der Waals surface area contributed by atoms with Gasteiger partial charge in [0.05, 0.1) is 7.11 Å². The Balaban J connectivity index is 1.60. The summed E-state index contributed by atoms with van der Waals surface area (Å²) >= 11 is 0. The van der Waals surface area contributed by atoms with Gasteiger partial charge in [-0.1, -0.05) is 12.2 Å². The van der Waals surface area contributed by atoms with Crippen molar-refractivity contribution < 1.29 is 9.84 Å². The molecular formula is C24H28N2O2. The van der Waals surface area contributed by atoms with E-state index in [4.69, 9.17) is 4.74 Å². The van der Waals surface area contributed by atoms with Crippen LogP contribution < -0.4 is 4.74 Å². The predicted molar refractivity (Wildman–Crippen MR) is 110 cm³/mol. The number of aromatic nitrogens is 2. The molecule has 4 saturated carbocycles. The number of aromatic hydroxyl groups is 1. The number of allylic oxidation sites excluding steroid dienone is 1. The molecule has 1 aromatic heterocycles. The molecule has 4 heteroatoms. The van der Waals surface area contributed by atoms with E-state index in [-0.39, 0.29) is 5.41 Å². The second kappa shape index (κ2) is 6.61. The van der Waals surface area contributed by atoms with Crippen molar-refractivity contribution in [3.05, 3.63) is 41.7 Å². The first-order valence-electron chi connectivity index (χ1n) is 10.5. The van der Waals surface area contributed by atoms with Gasteiger partial charge < -0.3 is 9.84 Å². The molecule has 1 N–H and O–H groups in total. The molecule has 6 rings (SSSR count). The van der Waals surface area contributed by atoms with E-state index in [0.717, 1.165) is 34.4 Å². The molecule has 0 radical (unpaired) electrons. The summed E-state index contributed by atoms with van der Waals surface area (Å²) in [5, 5.41) is 11.1. The van der Waals surface area contributed by atoms with E-state index in [1.807, 2.05) is 37.5 Å². The highest BCUT2D eigenvalue weighted by Crippen LogP contribution is 2.62. The van der Waals surface area contributed by atoms with Crippen molar-refractivity contribution in [2.45, 2.75) is 50.9 Å². The zero-order valence-electron chi connectivity index (χ0n) is 16.7. The van der Waals surface area contributed by atoms with Gasteiger partial charge in [-0.15, -0.1) is 0 Å². The molecular weight excluding hydrogens is 348 g/mol. The Kier molecular flexibility index (Phi) is 4.18. The van der Waals surface area contributed by atoms with Crippen molar-refractivity contribution in [1.29, 1.82) is 0 Å². The molecule has 4 aliphatic carbocycles. The van der Waals surface area contributed by atoms with Gasteiger partial charge in [0.15, 0.2) is 17.3 Å². The highest BCUT2D eigenvalue weighted by molar-refractivity contribution is 5.66. The first kappa shape index (κ1) is 17.7. The summed E-state index contributed by atoms with van der Waals surface area (Å²) in [5.74, 6) is 3.98. The summed E-state index contributed by atoms with van der Waals surface area (Å²) in [4.78, 5) is 9.12. The topological polar surface area (TPSA) is 55.2 Å². The fourth-order valence-electron chi connectivity index (χ4n) is 6.50. The quantitative estimate of drug-likeness (QED) is 0.780. The number of hydrogen-bond donors (Lipinski definition) is 1. The molecule has 0 aliphatic heterocycles. The van der Waals surface area contributed by atoms with Gasteiger partial charge in [0.2, 0.25) is 0 Å². The average molecular weight is 377 g/mol. The molecule has 0 atom stereocenters. The molecule has 2 aromatic rings. The van der Waals surface area contributed by atoms with Crippen LogP contribution in [0.5, 0.6) is 11.5 Å². The Morgan fingerprint density at radius 1 is 1.04 bits per heavy atom. The summed E-state index contributed by atoms with van der Waals surface area (Å²) in [7, 11) is 1.62. The van der Waals surface area contributed by atoms with Gasteiger partial charge in [-0.05, 0) is 80.8 Å². The number of rotatable bonds is 4. The van der Waals surface area contributed by atoms with Gasteiger partial charge in [-0.25, -0.2) is 9.97 Å². The number of phenols is 1. The van der Waals surface area contributed by atoms with Crippen LogP contribution in [0.1, 0.15) is 56.6 Å². The van der Waals surface area contributed by atoms with E-state index in [1.165, 1.54) is 38.5 Å². The van der Waals surface area contributed by atoms with Gasteiger partial charge >= 0.3 is 0 Å². The second-order valence-corrected chi connectivity index (χ2v) is 9.11. The normalized spacial score (nSPS) is 30.9. The average Bonchev–Trinajstić information content (AvgIpc) is 2.68. The molecule has 0 amide bonds. The van der Waals surface area contributed by atoms with Gasteiger partial charge in [0.1, 0.15) is 0 Å². The summed E-state index contributed by atoms with van der Waals surface area (Å²) in [6.07, 6.45) is 15.4. The van der Waals surface area contributed by atoms with Crippen molar-refractivity contribution in [2.75, 3.05) is 7.11 Å². The lowest BCUT2D eigenvalue weighted by atomic mass is 9.48. The monoisotopic (exact) mass is 376 g/mol. The number of nitrogens with zero attached hydrogens (tertiary/aromatic N) is 2. The molecule has 4 nitrogen and oxygen atoms in total. The molecule has 146 valence electrons. The van der Waals surface area contributed by atoms with Crippen LogP contribution >= 0.6 is 0 Å². The highest BCUT2D eigenvalue weighted by atomic mass is 16.5. The minimum absolute atomic E-state index is 0.0903. The van der Waals surface area contributed by atoms with E-state index >= 15 is 0 Å². The molecule has 4 fully saturated rings. The molecule has 0 spiro atoms. The summed E-state index contributed by atoms with van der Waals surface area (Å²) in [5.41, 5.74) is 3.06. The lowest BCUT2D eigenvalue weighted by Crippen LogP contribution is -2.48. The molecule has 1 aromatic carbocycles. The zero-order chi connectivity index (χ0) is 19.3. The van der Waals surface area contributed by atoms with Gasteiger partial charge in [0, 0.05) is 29.1 Å². The maximum Gasteiger partial charge on any atom is 0.161 e. The number of methoxy groups -OCH3 is 1. The predicted octanol–water partition coefficient (Wildman–Crippen LogP) is 5.36. The molecule has 0 saturated heterocycles. The van der Waals surface area contributed by atoms with Crippen LogP contribution in [0, 0.1) is 17.8 Å². The van der Waals surface area contributed by atoms with Crippen LogP contribution in [0.4, 0.5) is 0 Å². The smallest absolute Gasteiger partial charge is 0.161 e. The molecule has 1 heterocycles. The van der Waals surface area contributed by atoms with E-state index in [9.17, 15) is 5.11 Å². The first-order chi connectivity index (χ1) is 13.6. The minimum Gasteiger partial charge on any atom is -0.504 e. The SMILES string of the molecule is C/C=C/c1cnc(-c2cc(OC)c(O)c(C34CC5CC(CC(C5)C3)C4)c2)nc1. The Hall–Kier alpha value is -2.36. The Bertz CT molecular complexity index is 882. The Morgan fingerprint density at radius 2 is 1.64 bits per heavy atom. The second-order valence-electron chi connectivity index (χ2n) is 9.11. The van der Waals surface area contributed by atoms with Crippen LogP contribution in [0.25, 0.3) is 17.5 Å². The third-order valence-corrected chi connectivity index (χ3v) is 7.19. The van der Waals surface area contributed by atoms with Crippen LogP contribution in [-0.4, -0.2) is 22.2 Å². The molecule has 4 aliphatic rings. The van der Waals surface area contributed by atoms with Gasteiger partial charge in [-0.3, -0.25) is 0 Å². The maximum atomic E-state index is 11.1. The van der Waals surface area contributed by atoms with E-state index < -0.39 is 0 Å². The highest BCUT2D eigenvalue weighted by Gasteiger charge is 2.52. The van der Waals surface area contributed by atoms with Crippen LogP contribution in [0.2, 0.25) is 0 Å². The zero-order valence-corrected chi connectivity index (χ0v) is 16.7. The number of phenolic OH excluding ortho intramolecular Hbond substituents is 1. The van der Waals surface area contributed by atoms with Crippen LogP contribution in [0.15, 0.2) is 30.6 Å². The minimum atomic E-state index is 0.0903. The summed E-state index contributed by atoms with van der Waals surface area (Å²) in [6, 6.07) is 4.00. The van der Waals surface area contributed by atoms with Crippen molar-refractivity contribution in [3.8, 4) is 22.9 Å². The standard InChI is InChI=1S/C24H28N2O2/c1-3-4-15-13-25-23(26-14-15)19-8-20(22(27)21(9-19)28-2)24-10-16-5-17(11-24)7-18(6-16)12-24/h3-4,8-9,13-14,16-18,27H,5-7,10-12H2,1-2H3/b4-3+. The van der Waals surface area contributed by atoms with E-state index in [2.05, 4.69) is 16.0 Å².